The summed E-state index contributed by atoms with van der Waals surface area (Å²) in [4.78, 5) is 15.8. The summed E-state index contributed by atoms with van der Waals surface area (Å²) in [6.07, 6.45) is -0.137. The van der Waals surface area contributed by atoms with Crippen LogP contribution < -0.4 is 5.32 Å². The second-order valence-electron chi connectivity index (χ2n) is 5.90. The summed E-state index contributed by atoms with van der Waals surface area (Å²) in [7, 11) is 0. The molecular weight excluding hydrogens is 355 g/mol. The van der Waals surface area contributed by atoms with Crippen LogP contribution in [0.25, 0.3) is 22.3 Å². The fourth-order valence-corrected chi connectivity index (χ4v) is 2.74. The predicted molar refractivity (Wildman–Crippen MR) is 95.9 cm³/mol. The van der Waals surface area contributed by atoms with Gasteiger partial charge in [0.1, 0.15) is 11.5 Å². The highest BCUT2D eigenvalue weighted by Gasteiger charge is 2.30. The molecule has 0 aliphatic heterocycles. The lowest BCUT2D eigenvalue weighted by Gasteiger charge is -2.10. The Kier molecular flexibility index (Phi) is 4.23. The molecular formula is C19H14F3N5. The molecule has 4 aromatic rings. The minimum absolute atomic E-state index is 0.441. The average Bonchev–Trinajstić information content (AvgIpc) is 3.14. The van der Waals surface area contributed by atoms with E-state index in [0.29, 0.717) is 29.3 Å². The van der Waals surface area contributed by atoms with E-state index in [-0.39, 0.29) is 0 Å². The highest BCUT2D eigenvalue weighted by Crippen LogP contribution is 2.32. The average molecular weight is 369 g/mol. The number of fused-ring (bicyclic) bond motifs is 1. The molecule has 2 N–H and O–H groups in total. The van der Waals surface area contributed by atoms with Gasteiger partial charge in [-0.2, -0.15) is 13.2 Å². The number of nitrogens with one attached hydrogen (secondary N) is 2. The lowest BCUT2D eigenvalue weighted by atomic mass is 10.1. The Morgan fingerprint density at radius 1 is 1.04 bits per heavy atom. The third-order valence-corrected chi connectivity index (χ3v) is 4.07. The largest absolute Gasteiger partial charge is 0.417 e. The van der Waals surface area contributed by atoms with E-state index in [0.717, 1.165) is 23.3 Å². The van der Waals surface area contributed by atoms with Crippen molar-refractivity contribution in [3.8, 4) is 11.3 Å². The first kappa shape index (κ1) is 17.0. The zero-order valence-electron chi connectivity index (χ0n) is 14.0. The van der Waals surface area contributed by atoms with E-state index in [9.17, 15) is 13.2 Å². The van der Waals surface area contributed by atoms with Crippen LogP contribution in [0.3, 0.4) is 0 Å². The normalized spacial score (nSPS) is 11.7. The maximum absolute atomic E-state index is 12.8. The van der Waals surface area contributed by atoms with Gasteiger partial charge in [-0.15, -0.1) is 0 Å². The van der Waals surface area contributed by atoms with Crippen molar-refractivity contribution in [3.05, 3.63) is 72.3 Å². The van der Waals surface area contributed by atoms with Crippen LogP contribution in [0.1, 0.15) is 11.3 Å². The first-order valence-electron chi connectivity index (χ1n) is 8.16. The molecule has 0 radical (unpaired) electrons. The molecule has 0 atom stereocenters. The second kappa shape index (κ2) is 6.71. The third-order valence-electron chi connectivity index (χ3n) is 4.07. The minimum atomic E-state index is -4.41. The van der Waals surface area contributed by atoms with Gasteiger partial charge in [-0.05, 0) is 36.4 Å². The zero-order chi connectivity index (χ0) is 18.9. The van der Waals surface area contributed by atoms with E-state index in [4.69, 9.17) is 0 Å². The van der Waals surface area contributed by atoms with E-state index in [1.54, 1.807) is 18.5 Å². The number of halogens is 3. The standard InChI is InChI=1S/C19H14F3N5/c20-19(21,22)12-4-5-16(25-10-12)15-9-17(27-18-14(15)6-8-24-18)26-11-13-3-1-2-7-23-13/h1-10H,11H2,(H2,24,26,27). The molecule has 8 heteroatoms. The molecule has 4 heterocycles. The van der Waals surface area contributed by atoms with Gasteiger partial charge in [-0.1, -0.05) is 6.07 Å². The van der Waals surface area contributed by atoms with Crippen molar-refractivity contribution < 1.29 is 13.2 Å². The van der Waals surface area contributed by atoms with Crippen molar-refractivity contribution in [3.63, 3.8) is 0 Å². The minimum Gasteiger partial charge on any atom is -0.364 e. The maximum atomic E-state index is 12.8. The van der Waals surface area contributed by atoms with Crippen LogP contribution in [0, 0.1) is 0 Å². The fraction of sp³-hybridized carbons (Fsp3) is 0.105. The molecule has 0 saturated heterocycles. The SMILES string of the molecule is FC(F)(F)c1ccc(-c2cc(NCc3ccccn3)nc3[nH]ccc23)nc1. The number of nitrogens with zero attached hydrogens (tertiary/aromatic N) is 3. The molecule has 4 aromatic heterocycles. The third kappa shape index (κ3) is 3.59. The molecule has 0 aliphatic rings. The smallest absolute Gasteiger partial charge is 0.364 e. The Hall–Kier alpha value is -3.42. The van der Waals surface area contributed by atoms with E-state index in [1.165, 1.54) is 6.07 Å². The number of anilines is 1. The van der Waals surface area contributed by atoms with Gasteiger partial charge in [0.05, 0.1) is 23.5 Å². The van der Waals surface area contributed by atoms with Crippen LogP contribution in [0.4, 0.5) is 19.0 Å². The Morgan fingerprint density at radius 3 is 2.63 bits per heavy atom. The van der Waals surface area contributed by atoms with Gasteiger partial charge in [0.2, 0.25) is 0 Å². The summed E-state index contributed by atoms with van der Waals surface area (Å²) >= 11 is 0. The van der Waals surface area contributed by atoms with Gasteiger partial charge < -0.3 is 10.3 Å². The van der Waals surface area contributed by atoms with Gasteiger partial charge in [0, 0.05) is 29.5 Å². The number of alkyl halides is 3. The van der Waals surface area contributed by atoms with Crippen LogP contribution in [-0.2, 0) is 12.7 Å². The quantitative estimate of drug-likeness (QED) is 0.549. The Balaban J connectivity index is 1.68. The van der Waals surface area contributed by atoms with Crippen molar-refractivity contribution in [2.75, 3.05) is 5.32 Å². The van der Waals surface area contributed by atoms with E-state index < -0.39 is 11.7 Å². The summed E-state index contributed by atoms with van der Waals surface area (Å²) in [6.45, 7) is 0.472. The number of hydrogen-bond acceptors (Lipinski definition) is 4. The molecule has 4 rings (SSSR count). The van der Waals surface area contributed by atoms with Crippen LogP contribution >= 0.6 is 0 Å². The highest BCUT2D eigenvalue weighted by atomic mass is 19.4. The summed E-state index contributed by atoms with van der Waals surface area (Å²) in [5.74, 6) is 0.576. The van der Waals surface area contributed by atoms with Gasteiger partial charge in [-0.3, -0.25) is 9.97 Å². The fourth-order valence-electron chi connectivity index (χ4n) is 2.74. The van der Waals surface area contributed by atoms with E-state index in [2.05, 4.69) is 25.3 Å². The van der Waals surface area contributed by atoms with Crippen molar-refractivity contribution >= 4 is 16.9 Å². The van der Waals surface area contributed by atoms with Crippen LogP contribution in [0.15, 0.2) is 61.1 Å². The monoisotopic (exact) mass is 369 g/mol. The number of pyridine rings is 3. The maximum Gasteiger partial charge on any atom is 0.417 e. The van der Waals surface area contributed by atoms with Crippen molar-refractivity contribution in [1.82, 2.24) is 19.9 Å². The van der Waals surface area contributed by atoms with Crippen LogP contribution in [-0.4, -0.2) is 19.9 Å². The van der Waals surface area contributed by atoms with Gasteiger partial charge in [0.25, 0.3) is 0 Å². The van der Waals surface area contributed by atoms with Crippen molar-refractivity contribution in [1.29, 1.82) is 0 Å². The molecule has 0 unspecified atom stereocenters. The van der Waals surface area contributed by atoms with E-state index >= 15 is 0 Å². The molecule has 0 aliphatic carbocycles. The first-order chi connectivity index (χ1) is 13.0. The second-order valence-corrected chi connectivity index (χ2v) is 5.90. The summed E-state index contributed by atoms with van der Waals surface area (Å²) in [6, 6.07) is 11.6. The van der Waals surface area contributed by atoms with E-state index in [1.807, 2.05) is 24.3 Å². The molecule has 0 bridgehead atoms. The number of H-pyrrole nitrogens is 1. The lowest BCUT2D eigenvalue weighted by molar-refractivity contribution is -0.137. The lowest BCUT2D eigenvalue weighted by Crippen LogP contribution is -2.05. The molecule has 0 amide bonds. The molecule has 27 heavy (non-hydrogen) atoms. The number of aromatic amines is 1. The van der Waals surface area contributed by atoms with Crippen molar-refractivity contribution in [2.24, 2.45) is 0 Å². The molecule has 0 spiro atoms. The summed E-state index contributed by atoms with van der Waals surface area (Å²) in [5.41, 5.74) is 1.83. The Morgan fingerprint density at radius 2 is 1.93 bits per heavy atom. The molecule has 136 valence electrons. The number of hydrogen-bond donors (Lipinski definition) is 2. The predicted octanol–water partition coefficient (Wildman–Crippen LogP) is 4.65. The molecule has 0 saturated carbocycles. The number of rotatable bonds is 4. The summed E-state index contributed by atoms with van der Waals surface area (Å²) < 4.78 is 38.3. The van der Waals surface area contributed by atoms with Crippen LogP contribution in [0.5, 0.6) is 0 Å². The topological polar surface area (TPSA) is 66.5 Å². The van der Waals surface area contributed by atoms with Crippen molar-refractivity contribution in [2.45, 2.75) is 12.7 Å². The van der Waals surface area contributed by atoms with Gasteiger partial charge >= 0.3 is 6.18 Å². The molecule has 0 fully saturated rings. The van der Waals surface area contributed by atoms with Crippen LogP contribution in [0.2, 0.25) is 0 Å². The highest BCUT2D eigenvalue weighted by molar-refractivity contribution is 5.93. The van der Waals surface area contributed by atoms with Gasteiger partial charge in [-0.25, -0.2) is 4.98 Å². The number of aromatic nitrogens is 4. The first-order valence-corrected chi connectivity index (χ1v) is 8.16. The molecule has 5 nitrogen and oxygen atoms in total. The summed E-state index contributed by atoms with van der Waals surface area (Å²) in [5, 5.41) is 3.97. The Labute approximate surface area is 152 Å². The Bertz CT molecular complexity index is 1060. The molecule has 0 aromatic carbocycles. The zero-order valence-corrected chi connectivity index (χ0v) is 14.0. The van der Waals surface area contributed by atoms with Gasteiger partial charge in [0.15, 0.2) is 0 Å².